The second-order valence-electron chi connectivity index (χ2n) is 5.58. The first-order chi connectivity index (χ1) is 11.9. The monoisotopic (exact) mass is 344 g/mol. The minimum Gasteiger partial charge on any atom is -0.493 e. The van der Waals surface area contributed by atoms with Crippen molar-refractivity contribution in [2.75, 3.05) is 21.3 Å². The molecule has 2 aromatic carbocycles. The average molecular weight is 344 g/mol. The SMILES string of the molecule is COc1ccc(CN(C)C(=O)c2cccc(C)c2[N+](=O)[O-])cc1OC. The van der Waals surface area contributed by atoms with Gasteiger partial charge in [0, 0.05) is 19.2 Å². The fraction of sp³-hybridized carbons (Fsp3) is 0.278. The van der Waals surface area contributed by atoms with E-state index in [-0.39, 0.29) is 17.8 Å². The molecule has 132 valence electrons. The molecule has 0 radical (unpaired) electrons. The number of hydrogen-bond donors (Lipinski definition) is 0. The number of para-hydroxylation sites is 1. The van der Waals surface area contributed by atoms with Gasteiger partial charge in [-0.05, 0) is 30.7 Å². The maximum atomic E-state index is 12.7. The Morgan fingerprint density at radius 2 is 1.84 bits per heavy atom. The summed E-state index contributed by atoms with van der Waals surface area (Å²) >= 11 is 0. The van der Waals surface area contributed by atoms with Crippen LogP contribution in [0.5, 0.6) is 11.5 Å². The van der Waals surface area contributed by atoms with E-state index in [2.05, 4.69) is 0 Å². The molecule has 0 aromatic heterocycles. The van der Waals surface area contributed by atoms with Gasteiger partial charge in [0.15, 0.2) is 11.5 Å². The Hall–Kier alpha value is -3.09. The first-order valence-electron chi connectivity index (χ1n) is 7.59. The van der Waals surface area contributed by atoms with Crippen LogP contribution < -0.4 is 9.47 Å². The standard InChI is InChI=1S/C18H20N2O5/c1-12-6-5-7-14(17(12)20(22)23)18(21)19(2)11-13-8-9-15(24-3)16(10-13)25-4/h5-10H,11H2,1-4H3. The van der Waals surface area contributed by atoms with E-state index >= 15 is 0 Å². The summed E-state index contributed by atoms with van der Waals surface area (Å²) in [5.74, 6) is 0.738. The Balaban J connectivity index is 2.27. The van der Waals surface area contributed by atoms with Gasteiger partial charge in [0.25, 0.3) is 11.6 Å². The third-order valence-electron chi connectivity index (χ3n) is 3.87. The smallest absolute Gasteiger partial charge is 0.285 e. The van der Waals surface area contributed by atoms with Crippen molar-refractivity contribution in [1.29, 1.82) is 0 Å². The summed E-state index contributed by atoms with van der Waals surface area (Å²) in [4.78, 5) is 24.9. The van der Waals surface area contributed by atoms with Gasteiger partial charge in [-0.25, -0.2) is 0 Å². The van der Waals surface area contributed by atoms with E-state index in [4.69, 9.17) is 9.47 Å². The van der Waals surface area contributed by atoms with Crippen molar-refractivity contribution in [3.63, 3.8) is 0 Å². The van der Waals surface area contributed by atoms with Crippen molar-refractivity contribution < 1.29 is 19.2 Å². The molecule has 0 unspecified atom stereocenters. The number of hydrogen-bond acceptors (Lipinski definition) is 5. The molecule has 0 heterocycles. The van der Waals surface area contributed by atoms with Crippen molar-refractivity contribution in [3.05, 3.63) is 63.2 Å². The minimum atomic E-state index is -0.521. The lowest BCUT2D eigenvalue weighted by Crippen LogP contribution is -2.27. The van der Waals surface area contributed by atoms with Crippen LogP contribution in [-0.2, 0) is 6.54 Å². The quantitative estimate of drug-likeness (QED) is 0.594. The number of carbonyl (C=O) groups excluding carboxylic acids is 1. The fourth-order valence-corrected chi connectivity index (χ4v) is 2.60. The molecular formula is C18H20N2O5. The van der Waals surface area contributed by atoms with Gasteiger partial charge < -0.3 is 14.4 Å². The Morgan fingerprint density at radius 3 is 2.44 bits per heavy atom. The highest BCUT2D eigenvalue weighted by Crippen LogP contribution is 2.29. The lowest BCUT2D eigenvalue weighted by atomic mass is 10.1. The highest BCUT2D eigenvalue weighted by Gasteiger charge is 2.24. The van der Waals surface area contributed by atoms with E-state index in [0.717, 1.165) is 5.56 Å². The zero-order valence-electron chi connectivity index (χ0n) is 14.6. The second-order valence-corrected chi connectivity index (χ2v) is 5.58. The molecule has 7 heteroatoms. The Morgan fingerprint density at radius 1 is 1.16 bits per heavy atom. The molecule has 2 aromatic rings. The third kappa shape index (κ3) is 3.88. The third-order valence-corrected chi connectivity index (χ3v) is 3.87. The van der Waals surface area contributed by atoms with Crippen molar-refractivity contribution >= 4 is 11.6 Å². The van der Waals surface area contributed by atoms with Crippen LogP contribution in [0, 0.1) is 17.0 Å². The van der Waals surface area contributed by atoms with Crippen LogP contribution in [0.25, 0.3) is 0 Å². The summed E-state index contributed by atoms with van der Waals surface area (Å²) in [6, 6.07) is 10.1. The number of nitro benzene ring substituents is 1. The number of benzene rings is 2. The van der Waals surface area contributed by atoms with Gasteiger partial charge in [0.05, 0.1) is 19.1 Å². The number of nitrogens with zero attached hydrogens (tertiary/aromatic N) is 2. The number of amides is 1. The molecule has 0 aliphatic carbocycles. The summed E-state index contributed by atoms with van der Waals surface area (Å²) in [6.07, 6.45) is 0. The van der Waals surface area contributed by atoms with E-state index in [1.807, 2.05) is 6.07 Å². The van der Waals surface area contributed by atoms with E-state index in [0.29, 0.717) is 17.1 Å². The summed E-state index contributed by atoms with van der Waals surface area (Å²) in [6.45, 7) is 1.90. The van der Waals surface area contributed by atoms with Crippen LogP contribution in [0.15, 0.2) is 36.4 Å². The lowest BCUT2D eigenvalue weighted by Gasteiger charge is -2.18. The maximum Gasteiger partial charge on any atom is 0.285 e. The van der Waals surface area contributed by atoms with Crippen molar-refractivity contribution in [2.45, 2.75) is 13.5 Å². The summed E-state index contributed by atoms with van der Waals surface area (Å²) in [7, 11) is 4.68. The predicted molar refractivity (Wildman–Crippen MR) is 93.2 cm³/mol. The Bertz CT molecular complexity index is 804. The molecule has 25 heavy (non-hydrogen) atoms. The van der Waals surface area contributed by atoms with Gasteiger partial charge in [-0.15, -0.1) is 0 Å². The normalized spacial score (nSPS) is 10.2. The molecular weight excluding hydrogens is 324 g/mol. The van der Waals surface area contributed by atoms with E-state index in [9.17, 15) is 14.9 Å². The van der Waals surface area contributed by atoms with Crippen molar-refractivity contribution in [3.8, 4) is 11.5 Å². The molecule has 0 fully saturated rings. The number of carbonyl (C=O) groups is 1. The molecule has 0 atom stereocenters. The van der Waals surface area contributed by atoms with Gasteiger partial charge in [-0.3, -0.25) is 14.9 Å². The van der Waals surface area contributed by atoms with Crippen LogP contribution in [0.4, 0.5) is 5.69 Å². The molecule has 0 N–H and O–H groups in total. The number of rotatable bonds is 6. The van der Waals surface area contributed by atoms with Gasteiger partial charge >= 0.3 is 0 Å². The number of ether oxygens (including phenoxy) is 2. The molecule has 2 rings (SSSR count). The molecule has 1 amide bonds. The van der Waals surface area contributed by atoms with Gasteiger partial charge in [0.1, 0.15) is 5.56 Å². The number of aryl methyl sites for hydroxylation is 1. The van der Waals surface area contributed by atoms with E-state index in [1.165, 1.54) is 18.1 Å². The highest BCUT2D eigenvalue weighted by atomic mass is 16.6. The molecule has 0 saturated heterocycles. The van der Waals surface area contributed by atoms with Gasteiger partial charge in [-0.2, -0.15) is 0 Å². The largest absolute Gasteiger partial charge is 0.493 e. The average Bonchev–Trinajstić information content (AvgIpc) is 2.60. The summed E-state index contributed by atoms with van der Waals surface area (Å²) in [5.41, 5.74) is 1.19. The molecule has 0 aliphatic heterocycles. The lowest BCUT2D eigenvalue weighted by molar-refractivity contribution is -0.385. The van der Waals surface area contributed by atoms with Crippen LogP contribution in [0.3, 0.4) is 0 Å². The summed E-state index contributed by atoms with van der Waals surface area (Å²) < 4.78 is 10.4. The molecule has 0 saturated carbocycles. The second kappa shape index (κ2) is 7.65. The molecule has 0 bridgehead atoms. The van der Waals surface area contributed by atoms with Crippen LogP contribution in [0.2, 0.25) is 0 Å². The fourth-order valence-electron chi connectivity index (χ4n) is 2.60. The van der Waals surface area contributed by atoms with E-state index < -0.39 is 10.8 Å². The first kappa shape index (κ1) is 18.3. The van der Waals surface area contributed by atoms with Gasteiger partial charge in [0.2, 0.25) is 0 Å². The zero-order valence-corrected chi connectivity index (χ0v) is 14.6. The molecule has 7 nitrogen and oxygen atoms in total. The predicted octanol–water partition coefficient (Wildman–Crippen LogP) is 3.19. The van der Waals surface area contributed by atoms with Crippen LogP contribution >= 0.6 is 0 Å². The minimum absolute atomic E-state index is 0.0768. The van der Waals surface area contributed by atoms with Crippen molar-refractivity contribution in [1.82, 2.24) is 4.90 Å². The summed E-state index contributed by atoms with van der Waals surface area (Å²) in [5, 5.41) is 11.3. The Kier molecular flexibility index (Phi) is 5.59. The van der Waals surface area contributed by atoms with Crippen LogP contribution in [0.1, 0.15) is 21.5 Å². The molecule has 0 aliphatic rings. The molecule has 0 spiro atoms. The first-order valence-corrected chi connectivity index (χ1v) is 7.59. The Labute approximate surface area is 145 Å². The number of nitro groups is 1. The van der Waals surface area contributed by atoms with E-state index in [1.54, 1.807) is 45.3 Å². The highest BCUT2D eigenvalue weighted by molar-refractivity contribution is 5.98. The topological polar surface area (TPSA) is 81.9 Å². The van der Waals surface area contributed by atoms with Gasteiger partial charge in [-0.1, -0.05) is 18.2 Å². The zero-order chi connectivity index (χ0) is 18.6. The maximum absolute atomic E-state index is 12.7. The number of methoxy groups -OCH3 is 2. The van der Waals surface area contributed by atoms with Crippen LogP contribution in [-0.4, -0.2) is 37.0 Å². The van der Waals surface area contributed by atoms with Crippen molar-refractivity contribution in [2.24, 2.45) is 0 Å².